The Morgan fingerprint density at radius 3 is 2.50 bits per heavy atom. The number of rotatable bonds is 3. The zero-order chi connectivity index (χ0) is 14.7. The highest BCUT2D eigenvalue weighted by atomic mass is 16.5. The molecule has 1 aromatic carbocycles. The monoisotopic (exact) mass is 274 g/mol. The van der Waals surface area contributed by atoms with Gasteiger partial charge in [0.05, 0.1) is 14.2 Å². The third kappa shape index (κ3) is 2.06. The molecule has 102 valence electrons. The summed E-state index contributed by atoms with van der Waals surface area (Å²) >= 11 is 0. The highest BCUT2D eigenvalue weighted by Crippen LogP contribution is 2.27. The maximum atomic E-state index is 11.7. The van der Waals surface area contributed by atoms with Crippen LogP contribution in [0.5, 0.6) is 0 Å². The number of esters is 2. The van der Waals surface area contributed by atoms with E-state index in [0.29, 0.717) is 11.0 Å². The fourth-order valence-electron chi connectivity index (χ4n) is 1.81. The second kappa shape index (κ2) is 5.38. The van der Waals surface area contributed by atoms with E-state index >= 15 is 0 Å². The number of para-hydroxylation sites is 1. The van der Waals surface area contributed by atoms with E-state index in [-0.39, 0.29) is 11.3 Å². The van der Waals surface area contributed by atoms with Gasteiger partial charge in [0, 0.05) is 5.39 Å². The largest absolute Gasteiger partial charge is 0.463 e. The van der Waals surface area contributed by atoms with Crippen LogP contribution in [0.4, 0.5) is 0 Å². The molecule has 0 amide bonds. The van der Waals surface area contributed by atoms with Crippen molar-refractivity contribution in [2.45, 2.75) is 0 Å². The number of fused-ring (bicyclic) bond motifs is 1. The topological polar surface area (TPSA) is 102 Å². The van der Waals surface area contributed by atoms with Gasteiger partial charge in [0.2, 0.25) is 5.76 Å². The van der Waals surface area contributed by atoms with Crippen LogP contribution in [0.1, 0.15) is 16.1 Å². The van der Waals surface area contributed by atoms with E-state index in [9.17, 15) is 9.59 Å². The molecule has 1 heterocycles. The van der Waals surface area contributed by atoms with Crippen molar-refractivity contribution in [3.63, 3.8) is 0 Å². The van der Waals surface area contributed by atoms with Crippen molar-refractivity contribution in [1.29, 1.82) is 0 Å². The van der Waals surface area contributed by atoms with E-state index in [1.165, 1.54) is 7.11 Å². The molecule has 0 unspecified atom stereocenters. The standard InChI is InChI=1S/C13H10N2O5/c1-18-12(16)10(15-14)9-7-5-3-4-6-8(7)20-11(9)13(17)19-2/h3-6H,1-2H3. The number of carbonyl (C=O) groups is 2. The summed E-state index contributed by atoms with van der Waals surface area (Å²) in [5.74, 6) is -1.92. The number of methoxy groups -OCH3 is 2. The normalized spacial score (nSPS) is 9.90. The quantitative estimate of drug-likeness (QED) is 0.364. The van der Waals surface area contributed by atoms with Crippen molar-refractivity contribution in [3.8, 4) is 0 Å². The van der Waals surface area contributed by atoms with Gasteiger partial charge in [-0.25, -0.2) is 9.59 Å². The minimum Gasteiger partial charge on any atom is -0.463 e. The summed E-state index contributed by atoms with van der Waals surface area (Å²) in [5, 5.41) is 0.436. The molecular formula is C13H10N2O5. The number of furan rings is 1. The van der Waals surface area contributed by atoms with E-state index in [1.54, 1.807) is 24.3 Å². The lowest BCUT2D eigenvalue weighted by Gasteiger charge is -1.97. The van der Waals surface area contributed by atoms with Gasteiger partial charge in [0.1, 0.15) is 11.1 Å². The van der Waals surface area contributed by atoms with Gasteiger partial charge < -0.3 is 19.4 Å². The number of benzene rings is 1. The molecule has 0 saturated carbocycles. The molecule has 7 nitrogen and oxygen atoms in total. The van der Waals surface area contributed by atoms with Crippen LogP contribution in [-0.2, 0) is 14.3 Å². The van der Waals surface area contributed by atoms with Crippen LogP contribution in [0.3, 0.4) is 0 Å². The Kier molecular flexibility index (Phi) is 3.63. The number of ether oxygens (including phenoxy) is 2. The first-order valence-corrected chi connectivity index (χ1v) is 5.54. The lowest BCUT2D eigenvalue weighted by Crippen LogP contribution is -2.20. The van der Waals surface area contributed by atoms with E-state index in [4.69, 9.17) is 9.95 Å². The van der Waals surface area contributed by atoms with Gasteiger partial charge in [0.25, 0.3) is 0 Å². The minimum atomic E-state index is -0.899. The van der Waals surface area contributed by atoms with Crippen molar-refractivity contribution < 1.29 is 28.3 Å². The lowest BCUT2D eigenvalue weighted by molar-refractivity contribution is -0.137. The van der Waals surface area contributed by atoms with Crippen molar-refractivity contribution >= 4 is 28.6 Å². The van der Waals surface area contributed by atoms with Crippen molar-refractivity contribution in [1.82, 2.24) is 0 Å². The van der Waals surface area contributed by atoms with Crippen LogP contribution in [0.2, 0.25) is 0 Å². The van der Waals surface area contributed by atoms with Crippen LogP contribution in [-0.4, -0.2) is 36.7 Å². The molecule has 0 N–H and O–H groups in total. The predicted molar refractivity (Wildman–Crippen MR) is 67.3 cm³/mol. The number of nitrogens with zero attached hydrogens (tertiary/aromatic N) is 2. The van der Waals surface area contributed by atoms with Crippen LogP contribution in [0.25, 0.3) is 16.5 Å². The van der Waals surface area contributed by atoms with E-state index in [0.717, 1.165) is 7.11 Å². The van der Waals surface area contributed by atoms with Crippen molar-refractivity contribution in [2.75, 3.05) is 14.2 Å². The molecule has 0 bridgehead atoms. The van der Waals surface area contributed by atoms with E-state index in [1.807, 2.05) is 0 Å². The molecule has 0 saturated heterocycles. The SMILES string of the molecule is COC(=O)C(=[N+]=[N-])c1c(C(=O)OC)oc2ccccc12. The summed E-state index contributed by atoms with van der Waals surface area (Å²) in [6.45, 7) is 0. The number of hydrogen-bond donors (Lipinski definition) is 0. The van der Waals surface area contributed by atoms with Crippen LogP contribution < -0.4 is 0 Å². The highest BCUT2D eigenvalue weighted by Gasteiger charge is 2.35. The average molecular weight is 274 g/mol. The Morgan fingerprint density at radius 1 is 1.20 bits per heavy atom. The summed E-state index contributed by atoms with van der Waals surface area (Å²) in [7, 11) is 2.31. The smallest absolute Gasteiger partial charge is 0.422 e. The molecule has 2 aromatic rings. The van der Waals surface area contributed by atoms with Gasteiger partial charge in [-0.15, -0.1) is 0 Å². The zero-order valence-corrected chi connectivity index (χ0v) is 10.7. The molecule has 0 spiro atoms. The molecule has 20 heavy (non-hydrogen) atoms. The molecule has 0 aliphatic carbocycles. The maximum absolute atomic E-state index is 11.7. The fourth-order valence-corrected chi connectivity index (χ4v) is 1.81. The summed E-state index contributed by atoms with van der Waals surface area (Å²) in [4.78, 5) is 26.3. The molecular weight excluding hydrogens is 264 g/mol. The molecule has 0 aliphatic heterocycles. The van der Waals surface area contributed by atoms with Gasteiger partial charge in [0.15, 0.2) is 0 Å². The number of hydrogen-bond acceptors (Lipinski definition) is 5. The molecule has 7 heteroatoms. The summed E-state index contributed by atoms with van der Waals surface area (Å²) < 4.78 is 14.5. The van der Waals surface area contributed by atoms with Gasteiger partial charge in [-0.1, -0.05) is 18.2 Å². The Hall–Kier alpha value is -2.92. The minimum absolute atomic E-state index is 0.0294. The Balaban J connectivity index is 2.81. The second-order valence-electron chi connectivity index (χ2n) is 3.73. The summed E-state index contributed by atoms with van der Waals surface area (Å²) in [6.07, 6.45) is 0. The summed E-state index contributed by atoms with van der Waals surface area (Å²) in [5.41, 5.74) is 8.98. The van der Waals surface area contributed by atoms with Crippen molar-refractivity contribution in [2.24, 2.45) is 0 Å². The van der Waals surface area contributed by atoms with Crippen LogP contribution in [0, 0.1) is 0 Å². The van der Waals surface area contributed by atoms with Crippen LogP contribution >= 0.6 is 0 Å². The molecule has 1 aromatic heterocycles. The molecule has 0 aliphatic rings. The molecule has 0 fully saturated rings. The molecule has 2 rings (SSSR count). The predicted octanol–water partition coefficient (Wildman–Crippen LogP) is 1.41. The Bertz CT molecular complexity index is 740. The van der Waals surface area contributed by atoms with Gasteiger partial charge >= 0.3 is 17.7 Å². The van der Waals surface area contributed by atoms with E-state index < -0.39 is 17.7 Å². The summed E-state index contributed by atoms with van der Waals surface area (Å²) in [6, 6.07) is 6.62. The van der Waals surface area contributed by atoms with Gasteiger partial charge in [-0.2, -0.15) is 4.79 Å². The maximum Gasteiger partial charge on any atom is 0.422 e. The fraction of sp³-hybridized carbons (Fsp3) is 0.154. The number of carbonyl (C=O) groups excluding carboxylic acids is 2. The first-order valence-electron chi connectivity index (χ1n) is 5.54. The molecule has 0 atom stereocenters. The van der Waals surface area contributed by atoms with Gasteiger partial charge in [-0.05, 0) is 6.07 Å². The Labute approximate surface area is 113 Å². The molecule has 0 radical (unpaired) electrons. The highest BCUT2D eigenvalue weighted by molar-refractivity contribution is 6.44. The first kappa shape index (κ1) is 13.5. The Morgan fingerprint density at radius 2 is 1.90 bits per heavy atom. The lowest BCUT2D eigenvalue weighted by atomic mass is 10.1. The van der Waals surface area contributed by atoms with Gasteiger partial charge in [-0.3, -0.25) is 0 Å². The van der Waals surface area contributed by atoms with Crippen molar-refractivity contribution in [3.05, 3.63) is 41.1 Å². The van der Waals surface area contributed by atoms with Crippen LogP contribution in [0.15, 0.2) is 28.7 Å². The average Bonchev–Trinajstić information content (AvgIpc) is 2.86. The van der Waals surface area contributed by atoms with E-state index in [2.05, 4.69) is 14.3 Å². The first-order chi connectivity index (χ1) is 9.63. The third-order valence-electron chi connectivity index (χ3n) is 2.68. The zero-order valence-electron chi connectivity index (χ0n) is 10.7. The second-order valence-corrected chi connectivity index (χ2v) is 3.73. The third-order valence-corrected chi connectivity index (χ3v) is 2.68.